The van der Waals surface area contributed by atoms with Crippen molar-refractivity contribution in [1.29, 1.82) is 0 Å². The van der Waals surface area contributed by atoms with Gasteiger partial charge in [0.15, 0.2) is 0 Å². The lowest BCUT2D eigenvalue weighted by Gasteiger charge is -2.11. The summed E-state index contributed by atoms with van der Waals surface area (Å²) in [4.78, 5) is 0. The molecule has 1 heteroatoms. The zero-order valence-electron chi connectivity index (χ0n) is 26.9. The molecule has 0 atom stereocenters. The Bertz CT molecular complexity index is 720. The van der Waals surface area contributed by atoms with Gasteiger partial charge in [-0.05, 0) is 101 Å². The Hall–Kier alpha value is -2.28. The van der Waals surface area contributed by atoms with Gasteiger partial charge >= 0.3 is 0 Å². The van der Waals surface area contributed by atoms with Crippen LogP contribution < -0.4 is 5.32 Å². The molecule has 0 fully saturated rings. The molecule has 1 aromatic rings. The summed E-state index contributed by atoms with van der Waals surface area (Å²) in [5.74, 6) is 0. The number of hydrogen-bond donors (Lipinski definition) is 1. The van der Waals surface area contributed by atoms with Gasteiger partial charge in [-0.3, -0.25) is 0 Å². The van der Waals surface area contributed by atoms with Gasteiger partial charge in [-0.2, -0.15) is 0 Å². The van der Waals surface area contributed by atoms with E-state index in [0.717, 1.165) is 36.1 Å². The Morgan fingerprint density at radius 3 is 1.76 bits per heavy atom. The van der Waals surface area contributed by atoms with Crippen molar-refractivity contribution in [2.45, 2.75) is 127 Å². The summed E-state index contributed by atoms with van der Waals surface area (Å²) in [7, 11) is 0. The van der Waals surface area contributed by atoms with E-state index in [1.165, 1.54) is 67.3 Å². The molecule has 37 heavy (non-hydrogen) atoms. The number of benzene rings is 1. The number of aryl methyl sites for hydroxylation is 3. The molecule has 0 aliphatic heterocycles. The molecule has 0 saturated carbocycles. The second-order valence-corrected chi connectivity index (χ2v) is 8.90. The minimum absolute atomic E-state index is 1.03. The van der Waals surface area contributed by atoms with Gasteiger partial charge in [0, 0.05) is 12.2 Å². The van der Waals surface area contributed by atoms with Crippen LogP contribution in [-0.2, 0) is 0 Å². The highest BCUT2D eigenvalue weighted by molar-refractivity contribution is 5.54. The zero-order valence-corrected chi connectivity index (χ0v) is 26.9. The van der Waals surface area contributed by atoms with Crippen molar-refractivity contribution in [3.63, 3.8) is 0 Å². The maximum Gasteiger partial charge on any atom is 0.0372 e. The zero-order chi connectivity index (χ0) is 29.6. The van der Waals surface area contributed by atoms with Crippen LogP contribution in [0.1, 0.15) is 123 Å². The molecule has 0 aromatic heterocycles. The number of allylic oxidation sites excluding steroid dienone is 5. The Morgan fingerprint density at radius 2 is 1.27 bits per heavy atom. The molecule has 0 spiro atoms. The van der Waals surface area contributed by atoms with Crippen LogP contribution in [-0.4, -0.2) is 6.54 Å². The van der Waals surface area contributed by atoms with Gasteiger partial charge in [0.2, 0.25) is 0 Å². The predicted octanol–water partition coefficient (Wildman–Crippen LogP) is 12.7. The van der Waals surface area contributed by atoms with E-state index in [2.05, 4.69) is 78.0 Å². The van der Waals surface area contributed by atoms with E-state index < -0.39 is 0 Å². The molecule has 0 aliphatic rings. The van der Waals surface area contributed by atoms with E-state index in [4.69, 9.17) is 0 Å². The smallest absolute Gasteiger partial charge is 0.0372 e. The Kier molecular flexibility index (Phi) is 35.9. The Balaban J connectivity index is -0.000000237. The lowest BCUT2D eigenvalue weighted by atomic mass is 9.98. The normalized spacial score (nSPS) is 8.81. The fraction of sp³-hybridized carbons (Fsp3) is 0.556. The molecule has 1 rings (SSSR count). The fourth-order valence-corrected chi connectivity index (χ4v) is 3.16. The molecule has 1 nitrogen and oxygen atoms in total. The standard InChI is InChI=1S/C16H26.C13H21N.C3H6.2C2H6/c1-6-7-8-9-10-11-12-13-15(4)16(5)14(2)3;1-5-6-7-14-13-9-11(3)10(2)8-12(13)4;1-3-2;2*1-2/h6H,1-2,4-5,7-13H2,3H3;8-9,14H,5-7H2,1-4H3;3H,1H2,2H3;2*1-2H3. The van der Waals surface area contributed by atoms with Crippen LogP contribution >= 0.6 is 0 Å². The van der Waals surface area contributed by atoms with Crippen LogP contribution in [0.15, 0.2) is 73.9 Å². The molecule has 0 heterocycles. The third kappa shape index (κ3) is 26.6. The molecule has 1 N–H and O–H groups in total. The summed E-state index contributed by atoms with van der Waals surface area (Å²) in [5.41, 5.74) is 8.62. The molecule has 0 saturated heterocycles. The highest BCUT2D eigenvalue weighted by Crippen LogP contribution is 2.21. The molecule has 0 radical (unpaired) electrons. The van der Waals surface area contributed by atoms with Gasteiger partial charge in [-0.1, -0.05) is 104 Å². The van der Waals surface area contributed by atoms with Gasteiger partial charge in [-0.25, -0.2) is 0 Å². The number of unbranched alkanes of at least 4 members (excludes halogenated alkanes) is 6. The van der Waals surface area contributed by atoms with Crippen molar-refractivity contribution in [2.75, 3.05) is 11.9 Å². The third-order valence-corrected chi connectivity index (χ3v) is 5.52. The monoisotopic (exact) mass is 512 g/mol. The third-order valence-electron chi connectivity index (χ3n) is 5.52. The highest BCUT2D eigenvalue weighted by atomic mass is 14.9. The Morgan fingerprint density at radius 1 is 0.784 bits per heavy atom. The van der Waals surface area contributed by atoms with Crippen molar-refractivity contribution in [1.82, 2.24) is 0 Å². The molecule has 1 aromatic carbocycles. The van der Waals surface area contributed by atoms with E-state index in [1.54, 1.807) is 6.08 Å². The lowest BCUT2D eigenvalue weighted by Crippen LogP contribution is -2.03. The van der Waals surface area contributed by atoms with E-state index >= 15 is 0 Å². The number of hydrogen-bond acceptors (Lipinski definition) is 1. The quantitative estimate of drug-likeness (QED) is 0.149. The van der Waals surface area contributed by atoms with Crippen LogP contribution in [0.25, 0.3) is 0 Å². The van der Waals surface area contributed by atoms with Gasteiger partial charge in [-0.15, -0.1) is 13.2 Å². The van der Waals surface area contributed by atoms with Gasteiger partial charge in [0.25, 0.3) is 0 Å². The van der Waals surface area contributed by atoms with Crippen LogP contribution in [0.5, 0.6) is 0 Å². The van der Waals surface area contributed by atoms with Gasteiger partial charge < -0.3 is 5.32 Å². The second kappa shape index (κ2) is 31.7. The first-order valence-electron chi connectivity index (χ1n) is 14.7. The molecule has 0 amide bonds. The highest BCUT2D eigenvalue weighted by Gasteiger charge is 2.01. The van der Waals surface area contributed by atoms with E-state index in [1.807, 2.05) is 47.6 Å². The van der Waals surface area contributed by atoms with Crippen molar-refractivity contribution in [3.8, 4) is 0 Å². The maximum absolute atomic E-state index is 4.05. The van der Waals surface area contributed by atoms with Gasteiger partial charge in [0.05, 0.1) is 0 Å². The molecule has 0 unspecified atom stereocenters. The summed E-state index contributed by atoms with van der Waals surface area (Å²) in [6.07, 6.45) is 14.9. The summed E-state index contributed by atoms with van der Waals surface area (Å²) in [6.45, 7) is 40.7. The number of nitrogens with one attached hydrogen (secondary N) is 1. The van der Waals surface area contributed by atoms with Crippen LogP contribution in [0.3, 0.4) is 0 Å². The maximum atomic E-state index is 4.05. The average molecular weight is 512 g/mol. The minimum Gasteiger partial charge on any atom is -0.385 e. The first-order chi connectivity index (χ1) is 17.7. The van der Waals surface area contributed by atoms with Crippen LogP contribution in [0.4, 0.5) is 5.69 Å². The van der Waals surface area contributed by atoms with Crippen molar-refractivity contribution in [3.05, 3.63) is 90.6 Å². The van der Waals surface area contributed by atoms with E-state index in [0.29, 0.717) is 0 Å². The summed E-state index contributed by atoms with van der Waals surface area (Å²) < 4.78 is 0. The van der Waals surface area contributed by atoms with E-state index in [-0.39, 0.29) is 0 Å². The van der Waals surface area contributed by atoms with Gasteiger partial charge in [0.1, 0.15) is 0 Å². The number of rotatable bonds is 14. The Labute approximate surface area is 235 Å². The topological polar surface area (TPSA) is 12.0 Å². The minimum atomic E-state index is 1.03. The average Bonchev–Trinajstić information content (AvgIpc) is 2.89. The lowest BCUT2D eigenvalue weighted by molar-refractivity contribution is 0.618. The first kappa shape index (κ1) is 41.8. The fourth-order valence-electron chi connectivity index (χ4n) is 3.16. The molecule has 0 bridgehead atoms. The largest absolute Gasteiger partial charge is 0.385 e. The van der Waals surface area contributed by atoms with Crippen LogP contribution in [0, 0.1) is 20.8 Å². The molecule has 0 aliphatic carbocycles. The summed E-state index contributed by atoms with van der Waals surface area (Å²) in [5, 5.41) is 3.48. The van der Waals surface area contributed by atoms with E-state index in [9.17, 15) is 0 Å². The van der Waals surface area contributed by atoms with Crippen molar-refractivity contribution >= 4 is 5.69 Å². The molecule has 214 valence electrons. The van der Waals surface area contributed by atoms with Crippen molar-refractivity contribution < 1.29 is 0 Å². The SMILES string of the molecule is C=CC.C=CCCCCCCCC(=C)C(=C)C(=C)C.CC.CC.CCCCNc1cc(C)c(C)cc1C. The molecular weight excluding hydrogens is 446 g/mol. The first-order valence-corrected chi connectivity index (χ1v) is 14.7. The summed E-state index contributed by atoms with van der Waals surface area (Å²) in [6, 6.07) is 4.50. The second-order valence-electron chi connectivity index (χ2n) is 8.90. The summed E-state index contributed by atoms with van der Waals surface area (Å²) >= 11 is 0. The predicted molar refractivity (Wildman–Crippen MR) is 178 cm³/mol. The molecular formula is C36H65N. The number of anilines is 1. The van der Waals surface area contributed by atoms with Crippen molar-refractivity contribution in [2.24, 2.45) is 0 Å². The van der Waals surface area contributed by atoms with Crippen LogP contribution in [0.2, 0.25) is 0 Å².